The Morgan fingerprint density at radius 1 is 1.24 bits per heavy atom. The molecule has 0 aromatic carbocycles. The maximum Gasteiger partial charge on any atom is 0.249 e. The number of fused-ring (bicyclic) bond motifs is 1. The van der Waals surface area contributed by atoms with Gasteiger partial charge >= 0.3 is 0 Å². The van der Waals surface area contributed by atoms with Crippen molar-refractivity contribution in [3.05, 3.63) is 35.5 Å². The van der Waals surface area contributed by atoms with Crippen molar-refractivity contribution < 1.29 is 19.0 Å². The summed E-state index contributed by atoms with van der Waals surface area (Å²) in [4.78, 5) is 2.28. The third kappa shape index (κ3) is 5.16. The third-order valence-corrected chi connectivity index (χ3v) is 9.52. The standard InChI is InChI=1S/C28H43F2NO2/c1-18(16-31-13-11-22(17-31)28(4,29)30)24-9-10-25-20(6-5-12-27(24,25)3)7-8-21-14-23(32)15-26(33)19(21)2/h7-8,18,22-26,32-33H,2,5-6,9-17H2,1,3-4H3/b20-7+,21-8-/t18-,22+,23?,24-,25+,26?,27-/m1/s1. The highest BCUT2D eigenvalue weighted by molar-refractivity contribution is 5.38. The second-order valence-electron chi connectivity index (χ2n) is 11.8. The summed E-state index contributed by atoms with van der Waals surface area (Å²) in [6, 6.07) is 0. The number of alkyl halides is 2. The lowest BCUT2D eigenvalue weighted by Crippen LogP contribution is -2.40. The Kier molecular flexibility index (Phi) is 7.25. The second-order valence-corrected chi connectivity index (χ2v) is 11.8. The Morgan fingerprint density at radius 2 is 2.00 bits per heavy atom. The fourth-order valence-corrected chi connectivity index (χ4v) is 7.63. The van der Waals surface area contributed by atoms with E-state index in [4.69, 9.17) is 0 Å². The van der Waals surface area contributed by atoms with Gasteiger partial charge in [0.25, 0.3) is 0 Å². The molecule has 0 bridgehead atoms. The van der Waals surface area contributed by atoms with Crippen LogP contribution in [0.15, 0.2) is 35.5 Å². The van der Waals surface area contributed by atoms with E-state index in [1.807, 2.05) is 0 Å². The van der Waals surface area contributed by atoms with Crippen LogP contribution in [-0.2, 0) is 0 Å². The molecule has 5 heteroatoms. The van der Waals surface area contributed by atoms with Gasteiger partial charge in [-0.05, 0) is 92.7 Å². The van der Waals surface area contributed by atoms with Gasteiger partial charge in [0.1, 0.15) is 0 Å². The maximum absolute atomic E-state index is 13.8. The summed E-state index contributed by atoms with van der Waals surface area (Å²) >= 11 is 0. The van der Waals surface area contributed by atoms with Gasteiger partial charge in [0, 0.05) is 25.4 Å². The number of aliphatic hydroxyl groups excluding tert-OH is 2. The van der Waals surface area contributed by atoms with Gasteiger partial charge in [-0.1, -0.05) is 38.2 Å². The lowest BCUT2D eigenvalue weighted by Gasteiger charge is -2.45. The maximum atomic E-state index is 13.8. The average molecular weight is 464 g/mol. The van der Waals surface area contributed by atoms with Crippen LogP contribution in [0, 0.1) is 29.1 Å². The minimum Gasteiger partial charge on any atom is -0.393 e. The van der Waals surface area contributed by atoms with E-state index in [0.717, 1.165) is 37.6 Å². The summed E-state index contributed by atoms with van der Waals surface area (Å²) in [5.41, 5.74) is 3.48. The molecule has 2 unspecified atom stereocenters. The van der Waals surface area contributed by atoms with E-state index in [2.05, 4.69) is 37.5 Å². The van der Waals surface area contributed by atoms with E-state index in [0.29, 0.717) is 43.6 Å². The van der Waals surface area contributed by atoms with E-state index in [1.165, 1.54) is 31.3 Å². The Morgan fingerprint density at radius 3 is 2.70 bits per heavy atom. The molecule has 1 saturated heterocycles. The zero-order chi connectivity index (χ0) is 24.0. The molecule has 3 aliphatic carbocycles. The van der Waals surface area contributed by atoms with Crippen LogP contribution in [-0.4, -0.2) is 52.9 Å². The van der Waals surface area contributed by atoms with Crippen LogP contribution in [0.1, 0.15) is 72.1 Å². The van der Waals surface area contributed by atoms with E-state index in [-0.39, 0.29) is 5.41 Å². The summed E-state index contributed by atoms with van der Waals surface area (Å²) in [6.07, 6.45) is 10.7. The number of aliphatic hydroxyl groups is 2. The van der Waals surface area contributed by atoms with Gasteiger partial charge in [-0.3, -0.25) is 0 Å². The topological polar surface area (TPSA) is 43.7 Å². The predicted octanol–water partition coefficient (Wildman–Crippen LogP) is 5.74. The molecule has 0 aromatic heterocycles. The number of hydrogen-bond acceptors (Lipinski definition) is 3. The molecule has 3 nitrogen and oxygen atoms in total. The molecule has 0 aromatic rings. The molecular formula is C28H43F2NO2. The molecule has 4 aliphatic rings. The molecule has 0 radical (unpaired) electrons. The number of nitrogens with zero attached hydrogens (tertiary/aromatic N) is 1. The largest absolute Gasteiger partial charge is 0.393 e. The normalized spacial score (nSPS) is 41.7. The van der Waals surface area contributed by atoms with Crippen LogP contribution in [0.4, 0.5) is 8.78 Å². The lowest BCUT2D eigenvalue weighted by molar-refractivity contribution is -0.0360. The molecule has 0 spiro atoms. The number of halogens is 2. The minimum absolute atomic E-state index is 0.262. The first-order chi connectivity index (χ1) is 15.5. The molecule has 4 fully saturated rings. The Bertz CT molecular complexity index is 800. The van der Waals surface area contributed by atoms with Crippen LogP contribution in [0.3, 0.4) is 0 Å². The quantitative estimate of drug-likeness (QED) is 0.546. The highest BCUT2D eigenvalue weighted by Gasteiger charge is 2.51. The fourth-order valence-electron chi connectivity index (χ4n) is 7.63. The molecule has 4 rings (SSSR count). The predicted molar refractivity (Wildman–Crippen MR) is 129 cm³/mol. The molecule has 33 heavy (non-hydrogen) atoms. The van der Waals surface area contributed by atoms with Crippen LogP contribution in [0.5, 0.6) is 0 Å². The molecule has 1 heterocycles. The zero-order valence-corrected chi connectivity index (χ0v) is 20.7. The van der Waals surface area contributed by atoms with Crippen LogP contribution in [0.2, 0.25) is 0 Å². The Labute approximate surface area is 198 Å². The van der Waals surface area contributed by atoms with Crippen molar-refractivity contribution in [3.8, 4) is 0 Å². The number of rotatable bonds is 5. The number of hydrogen-bond donors (Lipinski definition) is 2. The smallest absolute Gasteiger partial charge is 0.249 e. The highest BCUT2D eigenvalue weighted by atomic mass is 19.3. The summed E-state index contributed by atoms with van der Waals surface area (Å²) in [7, 11) is 0. The van der Waals surface area contributed by atoms with Gasteiger partial charge in [-0.15, -0.1) is 0 Å². The summed E-state index contributed by atoms with van der Waals surface area (Å²) in [5, 5.41) is 20.2. The van der Waals surface area contributed by atoms with Gasteiger partial charge in [0.2, 0.25) is 5.92 Å². The van der Waals surface area contributed by atoms with E-state index in [1.54, 1.807) is 0 Å². The SMILES string of the molecule is C=C1/C(=C\C=C2/CCC[C@]3(C)[C@@H]([C@H](C)CN4CC[C@H](C(C)(F)F)C4)CC[C@@H]23)CC(O)CC1O. The molecule has 3 saturated carbocycles. The van der Waals surface area contributed by atoms with Crippen molar-refractivity contribution >= 4 is 0 Å². The monoisotopic (exact) mass is 463 g/mol. The fraction of sp³-hybridized carbons (Fsp3) is 0.786. The number of allylic oxidation sites excluding steroid dienone is 3. The lowest BCUT2D eigenvalue weighted by atomic mass is 9.61. The van der Waals surface area contributed by atoms with Crippen LogP contribution in [0.25, 0.3) is 0 Å². The highest BCUT2D eigenvalue weighted by Crippen LogP contribution is 2.59. The van der Waals surface area contributed by atoms with Crippen LogP contribution < -0.4 is 0 Å². The van der Waals surface area contributed by atoms with Crippen LogP contribution >= 0.6 is 0 Å². The third-order valence-electron chi connectivity index (χ3n) is 9.52. The summed E-state index contributed by atoms with van der Waals surface area (Å²) < 4.78 is 27.5. The summed E-state index contributed by atoms with van der Waals surface area (Å²) in [6.45, 7) is 12.2. The van der Waals surface area contributed by atoms with Gasteiger partial charge in [0.15, 0.2) is 0 Å². The minimum atomic E-state index is -2.57. The van der Waals surface area contributed by atoms with E-state index < -0.39 is 24.0 Å². The number of likely N-dealkylation sites (tertiary alicyclic amines) is 1. The molecule has 7 atom stereocenters. The first-order valence-electron chi connectivity index (χ1n) is 13.0. The molecule has 186 valence electrons. The molecule has 1 aliphatic heterocycles. The Hall–Kier alpha value is -1.04. The van der Waals surface area contributed by atoms with Crippen molar-refractivity contribution in [3.63, 3.8) is 0 Å². The Balaban J connectivity index is 1.44. The van der Waals surface area contributed by atoms with E-state index in [9.17, 15) is 19.0 Å². The molecule has 2 N–H and O–H groups in total. The van der Waals surface area contributed by atoms with Gasteiger partial charge < -0.3 is 15.1 Å². The average Bonchev–Trinajstić information content (AvgIpc) is 3.33. The van der Waals surface area contributed by atoms with Crippen molar-refractivity contribution in [2.75, 3.05) is 19.6 Å². The second kappa shape index (κ2) is 9.54. The first kappa shape index (κ1) is 25.1. The van der Waals surface area contributed by atoms with Crippen molar-refractivity contribution in [2.24, 2.45) is 29.1 Å². The van der Waals surface area contributed by atoms with Crippen molar-refractivity contribution in [1.82, 2.24) is 4.90 Å². The molecular weight excluding hydrogens is 420 g/mol. The summed E-state index contributed by atoms with van der Waals surface area (Å²) in [5.74, 6) is -1.39. The van der Waals surface area contributed by atoms with Crippen molar-refractivity contribution in [1.29, 1.82) is 0 Å². The van der Waals surface area contributed by atoms with Crippen molar-refractivity contribution in [2.45, 2.75) is 90.3 Å². The van der Waals surface area contributed by atoms with Gasteiger partial charge in [0.05, 0.1) is 12.2 Å². The molecule has 0 amide bonds. The zero-order valence-electron chi connectivity index (χ0n) is 20.7. The van der Waals surface area contributed by atoms with E-state index >= 15 is 0 Å². The van der Waals surface area contributed by atoms with Gasteiger partial charge in [-0.2, -0.15) is 0 Å². The van der Waals surface area contributed by atoms with Gasteiger partial charge in [-0.25, -0.2) is 8.78 Å². The first-order valence-corrected chi connectivity index (χ1v) is 13.0.